The van der Waals surface area contributed by atoms with Crippen LogP contribution in [0.5, 0.6) is 0 Å². The van der Waals surface area contributed by atoms with Gasteiger partial charge in [0.05, 0.1) is 12.2 Å². The molecule has 0 bridgehead atoms. The Hall–Kier alpha value is -1.69. The molecule has 2 heterocycles. The Bertz CT molecular complexity index is 586. The van der Waals surface area contributed by atoms with E-state index in [1.54, 1.807) is 16.0 Å². The monoisotopic (exact) mass is 279 g/mol. The minimum Gasteiger partial charge on any atom is -0.476 e. The van der Waals surface area contributed by atoms with Crippen LogP contribution in [0.4, 0.5) is 0 Å². The molecule has 0 saturated heterocycles. The zero-order valence-electron chi connectivity index (χ0n) is 11.3. The van der Waals surface area contributed by atoms with Gasteiger partial charge in [0, 0.05) is 9.75 Å². The van der Waals surface area contributed by atoms with E-state index in [2.05, 4.69) is 29.4 Å². The molecule has 0 aliphatic heterocycles. The van der Waals surface area contributed by atoms with Crippen molar-refractivity contribution in [2.75, 3.05) is 0 Å². The molecule has 0 unspecified atom stereocenters. The fourth-order valence-corrected chi connectivity index (χ4v) is 2.95. The van der Waals surface area contributed by atoms with Gasteiger partial charge in [0.25, 0.3) is 0 Å². The number of hydrogen-bond acceptors (Lipinski definition) is 4. The molecule has 0 fully saturated rings. The van der Waals surface area contributed by atoms with Crippen molar-refractivity contribution < 1.29 is 9.90 Å². The van der Waals surface area contributed by atoms with Gasteiger partial charge in [-0.05, 0) is 24.5 Å². The maximum Gasteiger partial charge on any atom is 0.358 e. The van der Waals surface area contributed by atoms with Crippen molar-refractivity contribution in [1.29, 1.82) is 0 Å². The third kappa shape index (κ3) is 2.84. The Kier molecular flexibility index (Phi) is 3.99. The summed E-state index contributed by atoms with van der Waals surface area (Å²) in [6, 6.07) is 4.17. The second kappa shape index (κ2) is 5.52. The fraction of sp³-hybridized carbons (Fsp3) is 0.462. The number of aryl methyl sites for hydroxylation is 1. The second-order valence-electron chi connectivity index (χ2n) is 4.66. The van der Waals surface area contributed by atoms with E-state index in [1.165, 1.54) is 9.75 Å². The summed E-state index contributed by atoms with van der Waals surface area (Å²) in [6.45, 7) is 6.60. The van der Waals surface area contributed by atoms with Gasteiger partial charge in [-0.25, -0.2) is 9.48 Å². The van der Waals surface area contributed by atoms with E-state index in [4.69, 9.17) is 5.11 Å². The molecule has 1 N–H and O–H groups in total. The molecule has 0 amide bonds. The number of aromatic carboxylic acids is 1. The summed E-state index contributed by atoms with van der Waals surface area (Å²) in [5.74, 6) is -0.943. The lowest BCUT2D eigenvalue weighted by Crippen LogP contribution is -2.10. The predicted octanol–water partition coefficient (Wildman–Crippen LogP) is 2.77. The molecular formula is C13H17N3O2S. The van der Waals surface area contributed by atoms with Crippen LogP contribution in [-0.4, -0.2) is 26.1 Å². The zero-order chi connectivity index (χ0) is 14.0. The highest BCUT2D eigenvalue weighted by Crippen LogP contribution is 2.22. The molecule has 0 atom stereocenters. The molecule has 0 aliphatic carbocycles. The normalized spacial score (nSPS) is 11.2. The summed E-state index contributed by atoms with van der Waals surface area (Å²) < 4.78 is 1.69. The van der Waals surface area contributed by atoms with Gasteiger partial charge in [-0.2, -0.15) is 0 Å². The van der Waals surface area contributed by atoms with E-state index in [0.29, 0.717) is 12.2 Å². The minimum absolute atomic E-state index is 0.0577. The molecule has 102 valence electrons. The van der Waals surface area contributed by atoms with Gasteiger partial charge in [-0.3, -0.25) is 0 Å². The quantitative estimate of drug-likeness (QED) is 0.913. The number of thiophene rings is 1. The van der Waals surface area contributed by atoms with Gasteiger partial charge >= 0.3 is 5.97 Å². The van der Waals surface area contributed by atoms with Gasteiger partial charge in [0.15, 0.2) is 5.69 Å². The molecule has 2 rings (SSSR count). The van der Waals surface area contributed by atoms with Crippen molar-refractivity contribution in [3.8, 4) is 0 Å². The van der Waals surface area contributed by atoms with Gasteiger partial charge in [-0.15, -0.1) is 16.4 Å². The maximum atomic E-state index is 11.1. The molecule has 5 nitrogen and oxygen atoms in total. The lowest BCUT2D eigenvalue weighted by atomic mass is 10.1. The van der Waals surface area contributed by atoms with Crippen LogP contribution in [0.2, 0.25) is 0 Å². The first-order valence-corrected chi connectivity index (χ1v) is 7.08. The third-order valence-electron chi connectivity index (χ3n) is 2.89. The summed E-state index contributed by atoms with van der Waals surface area (Å²) in [5, 5.41) is 16.9. The van der Waals surface area contributed by atoms with Crippen molar-refractivity contribution in [1.82, 2.24) is 15.0 Å². The predicted molar refractivity (Wildman–Crippen MR) is 73.9 cm³/mol. The highest BCUT2D eigenvalue weighted by atomic mass is 32.1. The lowest BCUT2D eigenvalue weighted by molar-refractivity contribution is 0.0688. The molecule has 0 aliphatic rings. The average molecular weight is 279 g/mol. The average Bonchev–Trinajstić information content (AvgIpc) is 2.95. The van der Waals surface area contributed by atoms with Gasteiger partial charge in [0.1, 0.15) is 0 Å². The highest BCUT2D eigenvalue weighted by molar-refractivity contribution is 7.11. The van der Waals surface area contributed by atoms with Crippen molar-refractivity contribution in [2.24, 2.45) is 0 Å². The van der Waals surface area contributed by atoms with E-state index >= 15 is 0 Å². The van der Waals surface area contributed by atoms with Crippen LogP contribution in [0.3, 0.4) is 0 Å². The van der Waals surface area contributed by atoms with E-state index in [9.17, 15) is 4.79 Å². The van der Waals surface area contributed by atoms with Crippen molar-refractivity contribution >= 4 is 17.3 Å². The topological polar surface area (TPSA) is 68.0 Å². The van der Waals surface area contributed by atoms with Crippen LogP contribution in [0.1, 0.15) is 52.6 Å². The summed E-state index contributed by atoms with van der Waals surface area (Å²) in [4.78, 5) is 13.6. The lowest BCUT2D eigenvalue weighted by Gasteiger charge is -2.08. The Morgan fingerprint density at radius 2 is 2.11 bits per heavy atom. The molecule has 19 heavy (non-hydrogen) atoms. The SMILES string of the molecule is CCc1ccc(Cn2nnc(C(=O)O)c2C(C)C)s1. The number of nitrogens with zero attached hydrogens (tertiary/aromatic N) is 3. The first-order valence-electron chi connectivity index (χ1n) is 6.27. The smallest absolute Gasteiger partial charge is 0.358 e. The van der Waals surface area contributed by atoms with Crippen LogP contribution in [0, 0.1) is 0 Å². The van der Waals surface area contributed by atoms with Gasteiger partial charge < -0.3 is 5.11 Å². The summed E-state index contributed by atoms with van der Waals surface area (Å²) in [5.41, 5.74) is 0.737. The number of carboxylic acid groups (broad SMARTS) is 1. The molecule has 0 saturated carbocycles. The Morgan fingerprint density at radius 3 is 2.63 bits per heavy atom. The zero-order valence-corrected chi connectivity index (χ0v) is 12.1. The second-order valence-corrected chi connectivity index (χ2v) is 5.92. The first kappa shape index (κ1) is 13.7. The number of carbonyl (C=O) groups is 1. The molecule has 6 heteroatoms. The third-order valence-corrected chi connectivity index (χ3v) is 4.11. The minimum atomic E-state index is -1.02. The van der Waals surface area contributed by atoms with Crippen molar-refractivity contribution in [3.05, 3.63) is 33.3 Å². The van der Waals surface area contributed by atoms with Gasteiger partial charge in [-0.1, -0.05) is 26.0 Å². The van der Waals surface area contributed by atoms with Crippen molar-refractivity contribution in [3.63, 3.8) is 0 Å². The van der Waals surface area contributed by atoms with Crippen LogP contribution >= 0.6 is 11.3 Å². The first-order chi connectivity index (χ1) is 9.02. The summed E-state index contributed by atoms with van der Waals surface area (Å²) >= 11 is 1.73. The van der Waals surface area contributed by atoms with E-state index in [-0.39, 0.29) is 11.6 Å². The van der Waals surface area contributed by atoms with Crippen LogP contribution < -0.4 is 0 Å². The Labute approximate surface area is 115 Å². The largest absolute Gasteiger partial charge is 0.476 e. The fourth-order valence-electron chi connectivity index (χ4n) is 2.01. The maximum absolute atomic E-state index is 11.1. The number of aromatic nitrogens is 3. The van der Waals surface area contributed by atoms with Crippen molar-refractivity contribution in [2.45, 2.75) is 39.7 Å². The Morgan fingerprint density at radius 1 is 1.42 bits per heavy atom. The number of hydrogen-bond donors (Lipinski definition) is 1. The Balaban J connectivity index is 2.32. The molecule has 2 aromatic heterocycles. The molecule has 0 spiro atoms. The van der Waals surface area contributed by atoms with E-state index < -0.39 is 5.97 Å². The molecular weight excluding hydrogens is 262 g/mol. The molecule has 0 radical (unpaired) electrons. The molecule has 0 aromatic carbocycles. The van der Waals surface area contributed by atoms with Crippen LogP contribution in [0.15, 0.2) is 12.1 Å². The number of rotatable bonds is 5. The van der Waals surface area contributed by atoms with E-state index in [1.807, 2.05) is 13.8 Å². The van der Waals surface area contributed by atoms with Gasteiger partial charge in [0.2, 0.25) is 0 Å². The van der Waals surface area contributed by atoms with E-state index in [0.717, 1.165) is 6.42 Å². The van der Waals surface area contributed by atoms with Crippen LogP contribution in [0.25, 0.3) is 0 Å². The summed E-state index contributed by atoms with van der Waals surface area (Å²) in [7, 11) is 0. The summed E-state index contributed by atoms with van der Waals surface area (Å²) in [6.07, 6.45) is 1.01. The number of carboxylic acids is 1. The molecule has 2 aromatic rings. The standard InChI is InChI=1S/C13H17N3O2S/c1-4-9-5-6-10(19-9)7-16-12(8(2)3)11(13(17)18)14-15-16/h5-6,8H,4,7H2,1-3H3,(H,17,18). The van der Waals surface area contributed by atoms with Crippen LogP contribution in [-0.2, 0) is 13.0 Å². The highest BCUT2D eigenvalue weighted by Gasteiger charge is 2.21.